The fourth-order valence-electron chi connectivity index (χ4n) is 3.06. The Labute approximate surface area is 173 Å². The van der Waals surface area contributed by atoms with E-state index in [0.29, 0.717) is 12.2 Å². The minimum atomic E-state index is -3.63. The number of halogens is 1. The Morgan fingerprint density at radius 1 is 1.21 bits per heavy atom. The summed E-state index contributed by atoms with van der Waals surface area (Å²) in [6, 6.07) is 13.4. The molecule has 1 heterocycles. The fourth-order valence-corrected chi connectivity index (χ4v) is 4.76. The molecule has 1 aliphatic rings. The first-order valence-electron chi connectivity index (χ1n) is 9.13. The number of carbonyl (C=O) groups is 1. The zero-order valence-corrected chi connectivity index (χ0v) is 17.9. The number of benzene rings is 2. The third-order valence-corrected chi connectivity index (χ3v) is 6.83. The summed E-state index contributed by atoms with van der Waals surface area (Å²) in [6.07, 6.45) is 1.74. The minimum absolute atomic E-state index is 0.0707. The van der Waals surface area contributed by atoms with Crippen molar-refractivity contribution in [2.24, 2.45) is 0 Å². The van der Waals surface area contributed by atoms with E-state index in [1.807, 2.05) is 31.2 Å². The van der Waals surface area contributed by atoms with Crippen LogP contribution in [0.1, 0.15) is 41.7 Å². The first-order chi connectivity index (χ1) is 13.4. The summed E-state index contributed by atoms with van der Waals surface area (Å²) in [5.41, 5.74) is 1.37. The lowest BCUT2D eigenvalue weighted by molar-refractivity contribution is 0.0939. The Hall–Kier alpha value is -1.74. The highest BCUT2D eigenvalue weighted by molar-refractivity contribution is 9.10. The molecule has 2 aromatic rings. The lowest BCUT2D eigenvalue weighted by Crippen LogP contribution is -2.32. The minimum Gasteiger partial charge on any atom is -0.377 e. The lowest BCUT2D eigenvalue weighted by Gasteiger charge is -2.16. The molecule has 8 heteroatoms. The molecule has 1 fully saturated rings. The van der Waals surface area contributed by atoms with E-state index in [-0.39, 0.29) is 29.5 Å². The maximum atomic E-state index is 12.5. The number of ether oxygens (including phenoxy) is 1. The van der Waals surface area contributed by atoms with Gasteiger partial charge in [-0.3, -0.25) is 4.79 Å². The molecular weight excluding hydrogens is 444 g/mol. The molecule has 2 aromatic carbocycles. The Kier molecular flexibility index (Phi) is 6.87. The molecule has 0 unspecified atom stereocenters. The summed E-state index contributed by atoms with van der Waals surface area (Å²) >= 11 is 3.48. The first kappa shape index (κ1) is 21.0. The predicted molar refractivity (Wildman–Crippen MR) is 111 cm³/mol. The van der Waals surface area contributed by atoms with Gasteiger partial charge in [-0.2, -0.15) is 0 Å². The van der Waals surface area contributed by atoms with E-state index in [0.717, 1.165) is 22.9 Å². The molecule has 1 amide bonds. The van der Waals surface area contributed by atoms with Crippen molar-refractivity contribution in [1.29, 1.82) is 0 Å². The Morgan fingerprint density at radius 2 is 1.93 bits per heavy atom. The highest BCUT2D eigenvalue weighted by atomic mass is 79.9. The molecule has 0 radical (unpaired) electrons. The Morgan fingerprint density at radius 3 is 2.57 bits per heavy atom. The van der Waals surface area contributed by atoms with Gasteiger partial charge in [-0.1, -0.05) is 34.1 Å². The maximum absolute atomic E-state index is 12.5. The van der Waals surface area contributed by atoms with Crippen LogP contribution in [0.3, 0.4) is 0 Å². The summed E-state index contributed by atoms with van der Waals surface area (Å²) < 4.78 is 33.7. The van der Waals surface area contributed by atoms with Crippen LogP contribution >= 0.6 is 15.9 Å². The molecule has 3 rings (SSSR count). The van der Waals surface area contributed by atoms with Crippen LogP contribution in [0.4, 0.5) is 0 Å². The second-order valence-electron chi connectivity index (χ2n) is 6.73. The Balaban J connectivity index is 1.62. The van der Waals surface area contributed by atoms with Gasteiger partial charge >= 0.3 is 0 Å². The summed E-state index contributed by atoms with van der Waals surface area (Å²) in [4.78, 5) is 12.6. The number of amides is 1. The fraction of sp³-hybridized carbons (Fsp3) is 0.350. The normalized spacial score (nSPS) is 18.0. The van der Waals surface area contributed by atoms with Crippen molar-refractivity contribution in [3.8, 4) is 0 Å². The van der Waals surface area contributed by atoms with Gasteiger partial charge in [0.05, 0.1) is 17.0 Å². The van der Waals surface area contributed by atoms with Crippen LogP contribution in [0.5, 0.6) is 0 Å². The van der Waals surface area contributed by atoms with Gasteiger partial charge in [-0.05, 0) is 55.7 Å². The highest BCUT2D eigenvalue weighted by Crippen LogP contribution is 2.23. The van der Waals surface area contributed by atoms with E-state index in [1.165, 1.54) is 24.3 Å². The van der Waals surface area contributed by atoms with Gasteiger partial charge in [0.25, 0.3) is 5.91 Å². The van der Waals surface area contributed by atoms with Gasteiger partial charge in [0.15, 0.2) is 0 Å². The largest absolute Gasteiger partial charge is 0.377 e. The van der Waals surface area contributed by atoms with Gasteiger partial charge in [0, 0.05) is 23.2 Å². The van der Waals surface area contributed by atoms with Gasteiger partial charge in [-0.25, -0.2) is 13.1 Å². The zero-order valence-electron chi connectivity index (χ0n) is 15.5. The van der Waals surface area contributed by atoms with Gasteiger partial charge in [0.1, 0.15) is 0 Å². The molecule has 2 N–H and O–H groups in total. The maximum Gasteiger partial charge on any atom is 0.251 e. The number of nitrogens with one attached hydrogen (secondary N) is 2. The van der Waals surface area contributed by atoms with E-state index in [4.69, 9.17) is 4.74 Å². The van der Waals surface area contributed by atoms with E-state index in [1.54, 1.807) is 0 Å². The smallest absolute Gasteiger partial charge is 0.251 e. The average Bonchev–Trinajstić information content (AvgIpc) is 3.20. The molecule has 1 saturated heterocycles. The monoisotopic (exact) mass is 466 g/mol. The van der Waals surface area contributed by atoms with E-state index >= 15 is 0 Å². The molecule has 0 spiro atoms. The molecule has 1 aliphatic heterocycles. The van der Waals surface area contributed by atoms with Crippen molar-refractivity contribution in [1.82, 2.24) is 10.0 Å². The summed E-state index contributed by atoms with van der Waals surface area (Å²) in [5.74, 6) is -0.264. The van der Waals surface area contributed by atoms with Crippen molar-refractivity contribution < 1.29 is 17.9 Å². The van der Waals surface area contributed by atoms with Gasteiger partial charge in [0.2, 0.25) is 10.0 Å². The molecule has 6 nitrogen and oxygen atoms in total. The van der Waals surface area contributed by atoms with Crippen LogP contribution < -0.4 is 10.0 Å². The van der Waals surface area contributed by atoms with Crippen LogP contribution in [0, 0.1) is 0 Å². The number of hydrogen-bond donors (Lipinski definition) is 2. The van der Waals surface area contributed by atoms with Crippen LogP contribution in [0.15, 0.2) is 57.9 Å². The molecular formula is C20H23BrN2O4S. The summed E-state index contributed by atoms with van der Waals surface area (Å²) in [5, 5.41) is 2.92. The van der Waals surface area contributed by atoms with E-state index in [2.05, 4.69) is 26.0 Å². The molecule has 0 saturated carbocycles. The SMILES string of the molecule is C[C@@H](NC(=O)c1ccc(S(=O)(=O)NC[C@H]2CCCO2)cc1)c1ccccc1Br. The summed E-state index contributed by atoms with van der Waals surface area (Å²) in [6.45, 7) is 2.83. The van der Waals surface area contributed by atoms with Crippen LogP contribution in [-0.4, -0.2) is 33.6 Å². The lowest BCUT2D eigenvalue weighted by atomic mass is 10.1. The number of rotatable bonds is 7. The van der Waals surface area contributed by atoms with Crippen molar-refractivity contribution in [3.63, 3.8) is 0 Å². The molecule has 2 atom stereocenters. The van der Waals surface area contributed by atoms with Crippen molar-refractivity contribution in [3.05, 3.63) is 64.1 Å². The highest BCUT2D eigenvalue weighted by Gasteiger charge is 2.21. The molecule has 0 bridgehead atoms. The third-order valence-electron chi connectivity index (χ3n) is 4.67. The van der Waals surface area contributed by atoms with Crippen LogP contribution in [0.2, 0.25) is 0 Å². The Bertz CT molecular complexity index is 925. The topological polar surface area (TPSA) is 84.5 Å². The quantitative estimate of drug-likeness (QED) is 0.654. The molecule has 28 heavy (non-hydrogen) atoms. The number of hydrogen-bond acceptors (Lipinski definition) is 4. The zero-order chi connectivity index (χ0) is 20.1. The number of sulfonamides is 1. The molecule has 150 valence electrons. The van der Waals surface area contributed by atoms with Gasteiger partial charge in [-0.15, -0.1) is 0 Å². The van der Waals surface area contributed by atoms with Crippen molar-refractivity contribution >= 4 is 31.9 Å². The average molecular weight is 467 g/mol. The van der Waals surface area contributed by atoms with Gasteiger partial charge < -0.3 is 10.1 Å². The van der Waals surface area contributed by atoms with Crippen LogP contribution in [0.25, 0.3) is 0 Å². The second kappa shape index (κ2) is 9.17. The van der Waals surface area contributed by atoms with Crippen molar-refractivity contribution in [2.75, 3.05) is 13.2 Å². The van der Waals surface area contributed by atoms with Crippen molar-refractivity contribution in [2.45, 2.75) is 36.8 Å². The van der Waals surface area contributed by atoms with E-state index in [9.17, 15) is 13.2 Å². The molecule has 0 aliphatic carbocycles. The number of carbonyl (C=O) groups excluding carboxylic acids is 1. The third kappa shape index (κ3) is 5.20. The van der Waals surface area contributed by atoms with Crippen LogP contribution in [-0.2, 0) is 14.8 Å². The second-order valence-corrected chi connectivity index (χ2v) is 9.35. The first-order valence-corrected chi connectivity index (χ1v) is 11.4. The molecule has 0 aromatic heterocycles. The standard InChI is InChI=1S/C20H23BrN2O4S/c1-14(18-6-2-3-7-19(18)21)23-20(24)15-8-10-17(11-9-15)28(25,26)22-13-16-5-4-12-27-16/h2-3,6-11,14,16,22H,4-5,12-13H2,1H3,(H,23,24)/t14-,16-/m1/s1. The predicted octanol–water partition coefficient (Wildman–Crippen LogP) is 3.40. The van der Waals surface area contributed by atoms with E-state index < -0.39 is 10.0 Å². The summed E-state index contributed by atoms with van der Waals surface area (Å²) in [7, 11) is -3.63.